The molecule has 1 aliphatic heterocycles. The van der Waals surface area contributed by atoms with E-state index in [1.54, 1.807) is 24.3 Å². The van der Waals surface area contributed by atoms with Gasteiger partial charge in [-0.25, -0.2) is 18.0 Å². The van der Waals surface area contributed by atoms with Gasteiger partial charge in [-0.2, -0.15) is 4.31 Å². The van der Waals surface area contributed by atoms with Gasteiger partial charge in [-0.05, 0) is 70.5 Å². The number of benzene rings is 4. The van der Waals surface area contributed by atoms with Gasteiger partial charge in [-0.15, -0.1) is 0 Å². The molecule has 0 spiro atoms. The molecule has 2 aliphatic rings. The molecule has 0 bridgehead atoms. The topological polar surface area (TPSA) is 102 Å². The Morgan fingerprint density at radius 1 is 0.886 bits per heavy atom. The largest absolute Gasteiger partial charge is 0.467 e. The van der Waals surface area contributed by atoms with Gasteiger partial charge in [-0.3, -0.25) is 0 Å². The van der Waals surface area contributed by atoms with E-state index in [-0.39, 0.29) is 36.9 Å². The van der Waals surface area contributed by atoms with Gasteiger partial charge in [0.2, 0.25) is 10.0 Å². The molecule has 1 aliphatic carbocycles. The summed E-state index contributed by atoms with van der Waals surface area (Å²) in [5.74, 6) is -0.704. The number of methoxy groups -OCH3 is 1. The number of carbonyl (C=O) groups is 2. The summed E-state index contributed by atoms with van der Waals surface area (Å²) in [6.45, 7) is 4.45. The Hall–Kier alpha value is -4.47. The van der Waals surface area contributed by atoms with E-state index in [4.69, 9.17) is 9.47 Å². The Balaban J connectivity index is 1.15. The van der Waals surface area contributed by atoms with Crippen molar-refractivity contribution in [1.82, 2.24) is 9.62 Å². The van der Waals surface area contributed by atoms with E-state index >= 15 is 0 Å². The standard InChI is InChI=1S/C35H34N2O6S/c1-22-12-16-26(17-13-22)44(40,41)37-19-25-15-14-24(23(2)31(25)20-37)18-33(34(38)42-3)36-35(39)43-21-32-29-10-6-4-8-27(29)28-9-5-7-11-30(28)32/h4-17,32-33H,18-21H2,1-3H3,(H,36,39). The van der Waals surface area contributed by atoms with E-state index in [1.165, 1.54) is 11.4 Å². The van der Waals surface area contributed by atoms with Gasteiger partial charge in [0.15, 0.2) is 0 Å². The van der Waals surface area contributed by atoms with Crippen molar-refractivity contribution in [2.45, 2.75) is 50.2 Å². The second-order valence-electron chi connectivity index (χ2n) is 11.3. The van der Waals surface area contributed by atoms with Crippen molar-refractivity contribution in [3.05, 3.63) is 124 Å². The van der Waals surface area contributed by atoms with Crippen molar-refractivity contribution in [2.24, 2.45) is 0 Å². The molecule has 4 aromatic carbocycles. The number of nitrogens with one attached hydrogen (secondary N) is 1. The van der Waals surface area contributed by atoms with Crippen LogP contribution < -0.4 is 5.32 Å². The molecular formula is C35H34N2O6S. The van der Waals surface area contributed by atoms with Crippen LogP contribution >= 0.6 is 0 Å². The third-order valence-electron chi connectivity index (χ3n) is 8.69. The van der Waals surface area contributed by atoms with Crippen molar-refractivity contribution in [3.8, 4) is 11.1 Å². The molecule has 44 heavy (non-hydrogen) atoms. The molecule has 1 atom stereocenters. The minimum Gasteiger partial charge on any atom is -0.467 e. The maximum Gasteiger partial charge on any atom is 0.407 e. The highest BCUT2D eigenvalue weighted by molar-refractivity contribution is 7.89. The number of sulfonamides is 1. The summed E-state index contributed by atoms with van der Waals surface area (Å²) < 4.78 is 38.8. The lowest BCUT2D eigenvalue weighted by Crippen LogP contribution is -2.43. The number of esters is 1. The van der Waals surface area contributed by atoms with Crippen LogP contribution in [-0.2, 0) is 43.8 Å². The number of rotatable bonds is 8. The highest BCUT2D eigenvalue weighted by Gasteiger charge is 2.33. The normalized spacial score (nSPS) is 14.8. The Kier molecular flexibility index (Phi) is 8.00. The number of ether oxygens (including phenoxy) is 2. The number of hydrogen-bond donors (Lipinski definition) is 1. The first-order valence-corrected chi connectivity index (χ1v) is 16.0. The van der Waals surface area contributed by atoms with Crippen LogP contribution in [0.15, 0.2) is 89.8 Å². The molecule has 1 unspecified atom stereocenters. The van der Waals surface area contributed by atoms with Crippen LogP contribution in [0.2, 0.25) is 0 Å². The van der Waals surface area contributed by atoms with E-state index in [0.717, 1.165) is 50.1 Å². The van der Waals surface area contributed by atoms with Crippen LogP contribution in [0.4, 0.5) is 4.79 Å². The molecule has 0 radical (unpaired) electrons. The van der Waals surface area contributed by atoms with Gasteiger partial charge in [-0.1, -0.05) is 78.4 Å². The second-order valence-corrected chi connectivity index (χ2v) is 13.3. The fourth-order valence-electron chi connectivity index (χ4n) is 6.24. The van der Waals surface area contributed by atoms with Crippen molar-refractivity contribution >= 4 is 22.1 Å². The lowest BCUT2D eigenvalue weighted by atomic mass is 9.94. The molecule has 0 fully saturated rings. The number of aryl methyl sites for hydroxylation is 1. The Morgan fingerprint density at radius 3 is 2.16 bits per heavy atom. The first-order chi connectivity index (χ1) is 21.2. The zero-order chi connectivity index (χ0) is 31.0. The fourth-order valence-corrected chi connectivity index (χ4v) is 7.63. The summed E-state index contributed by atoms with van der Waals surface area (Å²) in [6, 6.07) is 25.8. The smallest absolute Gasteiger partial charge is 0.407 e. The molecule has 4 aromatic rings. The Labute approximate surface area is 257 Å². The molecule has 9 heteroatoms. The van der Waals surface area contributed by atoms with Crippen LogP contribution in [0.5, 0.6) is 0 Å². The van der Waals surface area contributed by atoms with E-state index < -0.39 is 28.1 Å². The molecule has 0 saturated heterocycles. The van der Waals surface area contributed by atoms with E-state index in [9.17, 15) is 18.0 Å². The zero-order valence-corrected chi connectivity index (χ0v) is 25.7. The van der Waals surface area contributed by atoms with Crippen LogP contribution in [0, 0.1) is 13.8 Å². The predicted molar refractivity (Wildman–Crippen MR) is 167 cm³/mol. The minimum absolute atomic E-state index is 0.109. The van der Waals surface area contributed by atoms with Gasteiger partial charge in [0.05, 0.1) is 12.0 Å². The van der Waals surface area contributed by atoms with Crippen LogP contribution in [0.25, 0.3) is 11.1 Å². The summed E-state index contributed by atoms with van der Waals surface area (Å²) in [5.41, 5.74) is 8.95. The molecule has 0 saturated carbocycles. The van der Waals surface area contributed by atoms with Crippen LogP contribution in [-0.4, -0.2) is 44.5 Å². The summed E-state index contributed by atoms with van der Waals surface area (Å²) in [7, 11) is -2.40. The summed E-state index contributed by atoms with van der Waals surface area (Å²) in [5, 5.41) is 2.70. The van der Waals surface area contributed by atoms with E-state index in [1.807, 2.05) is 62.4 Å². The number of alkyl carbamates (subject to hydrolysis) is 1. The molecule has 1 heterocycles. The third-order valence-corrected chi connectivity index (χ3v) is 10.5. The van der Waals surface area contributed by atoms with Crippen molar-refractivity contribution in [3.63, 3.8) is 0 Å². The number of carbonyl (C=O) groups excluding carboxylic acids is 2. The molecule has 8 nitrogen and oxygen atoms in total. The monoisotopic (exact) mass is 610 g/mol. The van der Waals surface area contributed by atoms with Gasteiger partial charge in [0.1, 0.15) is 12.6 Å². The third kappa shape index (κ3) is 5.49. The highest BCUT2D eigenvalue weighted by atomic mass is 32.2. The minimum atomic E-state index is -3.67. The van der Waals surface area contributed by atoms with E-state index in [2.05, 4.69) is 17.4 Å². The van der Waals surface area contributed by atoms with Crippen molar-refractivity contribution in [2.75, 3.05) is 13.7 Å². The van der Waals surface area contributed by atoms with Crippen molar-refractivity contribution < 1.29 is 27.5 Å². The SMILES string of the molecule is COC(=O)C(Cc1ccc2c(c1C)CN(S(=O)(=O)c1ccc(C)cc1)C2)NC(=O)OCC1c2ccccc2-c2ccccc21. The lowest BCUT2D eigenvalue weighted by molar-refractivity contribution is -0.143. The van der Waals surface area contributed by atoms with E-state index in [0.29, 0.717) is 0 Å². The Morgan fingerprint density at radius 2 is 1.52 bits per heavy atom. The molecule has 1 amide bonds. The summed E-state index contributed by atoms with van der Waals surface area (Å²) >= 11 is 0. The molecular weight excluding hydrogens is 576 g/mol. The second kappa shape index (κ2) is 11.9. The molecule has 6 rings (SSSR count). The number of hydrogen-bond acceptors (Lipinski definition) is 6. The number of amides is 1. The lowest BCUT2D eigenvalue weighted by Gasteiger charge is -2.20. The van der Waals surface area contributed by atoms with Gasteiger partial charge < -0.3 is 14.8 Å². The number of nitrogens with zero attached hydrogens (tertiary/aromatic N) is 1. The highest BCUT2D eigenvalue weighted by Crippen LogP contribution is 2.44. The predicted octanol–water partition coefficient (Wildman–Crippen LogP) is 5.63. The average Bonchev–Trinajstić information content (AvgIpc) is 3.62. The van der Waals surface area contributed by atoms with Crippen LogP contribution in [0.3, 0.4) is 0 Å². The fraction of sp³-hybridized carbons (Fsp3) is 0.257. The molecule has 1 N–H and O–H groups in total. The molecule has 0 aromatic heterocycles. The summed E-state index contributed by atoms with van der Waals surface area (Å²) in [4.78, 5) is 26.0. The number of fused-ring (bicyclic) bond motifs is 4. The van der Waals surface area contributed by atoms with Crippen molar-refractivity contribution in [1.29, 1.82) is 0 Å². The first-order valence-electron chi connectivity index (χ1n) is 14.5. The zero-order valence-electron chi connectivity index (χ0n) is 24.9. The average molecular weight is 611 g/mol. The Bertz CT molecular complexity index is 1810. The maximum absolute atomic E-state index is 13.3. The van der Waals surface area contributed by atoms with Crippen LogP contribution in [0.1, 0.15) is 44.9 Å². The molecule has 226 valence electrons. The maximum atomic E-state index is 13.3. The first kappa shape index (κ1) is 29.6. The quantitative estimate of drug-likeness (QED) is 0.260. The summed E-state index contributed by atoms with van der Waals surface area (Å²) in [6.07, 6.45) is -0.544. The van der Waals surface area contributed by atoms with Gasteiger partial charge in [0.25, 0.3) is 0 Å². The van der Waals surface area contributed by atoms with Gasteiger partial charge >= 0.3 is 12.1 Å². The van der Waals surface area contributed by atoms with Gasteiger partial charge in [0, 0.05) is 25.4 Å².